The lowest BCUT2D eigenvalue weighted by atomic mass is 9.93. The lowest BCUT2D eigenvalue weighted by Gasteiger charge is -2.24. The molecule has 0 spiro atoms. The maximum absolute atomic E-state index is 13.6. The number of furan rings is 1. The Morgan fingerprint density at radius 3 is 2.44 bits per heavy atom. The standard InChI is InChI=1S/C25H19ClN2O6S2/c1-12-10-17(13(2)34-12)22(29)20-21(14-4-6-15(26)7-5-14)28(24(31)23(20)30)25-27-18-9-8-16(36(3,32)33)11-19(18)35-25/h4-11,21,30H,1-3H3. The van der Waals surface area contributed by atoms with E-state index in [2.05, 4.69) is 4.98 Å². The van der Waals surface area contributed by atoms with Gasteiger partial charge in [0.05, 0.1) is 32.3 Å². The number of amides is 1. The zero-order valence-corrected chi connectivity index (χ0v) is 21.7. The minimum atomic E-state index is -3.45. The molecule has 1 unspecified atom stereocenters. The molecule has 0 bridgehead atoms. The van der Waals surface area contributed by atoms with Gasteiger partial charge in [-0.1, -0.05) is 35.1 Å². The molecule has 2 aromatic heterocycles. The van der Waals surface area contributed by atoms with Crippen molar-refractivity contribution in [2.75, 3.05) is 11.2 Å². The van der Waals surface area contributed by atoms with Crippen LogP contribution in [0.15, 0.2) is 69.2 Å². The summed E-state index contributed by atoms with van der Waals surface area (Å²) in [5.74, 6) is -1.13. The number of anilines is 1. The van der Waals surface area contributed by atoms with Crippen LogP contribution in [-0.4, -0.2) is 36.5 Å². The minimum absolute atomic E-state index is 0.109. The van der Waals surface area contributed by atoms with Crippen LogP contribution in [0.5, 0.6) is 0 Å². The summed E-state index contributed by atoms with van der Waals surface area (Å²) in [6.07, 6.45) is 1.11. The van der Waals surface area contributed by atoms with Crippen LogP contribution in [0.3, 0.4) is 0 Å². The average molecular weight is 543 g/mol. The number of benzene rings is 2. The highest BCUT2D eigenvalue weighted by Gasteiger charge is 2.46. The predicted octanol–water partition coefficient (Wildman–Crippen LogP) is 5.35. The van der Waals surface area contributed by atoms with E-state index in [9.17, 15) is 23.1 Å². The van der Waals surface area contributed by atoms with Gasteiger partial charge >= 0.3 is 0 Å². The summed E-state index contributed by atoms with van der Waals surface area (Å²) in [4.78, 5) is 32.9. The molecule has 0 fully saturated rings. The number of nitrogens with zero attached hydrogens (tertiary/aromatic N) is 2. The largest absolute Gasteiger partial charge is 0.503 e. The molecule has 4 aromatic rings. The molecule has 0 saturated carbocycles. The molecule has 36 heavy (non-hydrogen) atoms. The number of hydrogen-bond donors (Lipinski definition) is 1. The average Bonchev–Trinajstić information content (AvgIpc) is 3.46. The second-order valence-electron chi connectivity index (χ2n) is 8.45. The number of fused-ring (bicyclic) bond motifs is 1. The zero-order valence-electron chi connectivity index (χ0n) is 19.3. The second kappa shape index (κ2) is 8.58. The number of aryl methyl sites for hydroxylation is 2. The maximum Gasteiger partial charge on any atom is 0.296 e. The molecule has 2 aromatic carbocycles. The van der Waals surface area contributed by atoms with Gasteiger partial charge in [-0.2, -0.15) is 0 Å². The number of rotatable bonds is 5. The van der Waals surface area contributed by atoms with Crippen molar-refractivity contribution >= 4 is 59.8 Å². The Morgan fingerprint density at radius 2 is 1.83 bits per heavy atom. The molecule has 1 N–H and O–H groups in total. The maximum atomic E-state index is 13.6. The molecule has 0 radical (unpaired) electrons. The van der Waals surface area contributed by atoms with E-state index in [-0.39, 0.29) is 21.2 Å². The molecule has 1 aliphatic rings. The van der Waals surface area contributed by atoms with Gasteiger partial charge < -0.3 is 9.52 Å². The predicted molar refractivity (Wildman–Crippen MR) is 137 cm³/mol. The molecular formula is C25H19ClN2O6S2. The molecule has 8 nitrogen and oxygen atoms in total. The van der Waals surface area contributed by atoms with Crippen LogP contribution in [0.25, 0.3) is 10.2 Å². The van der Waals surface area contributed by atoms with E-state index in [0.717, 1.165) is 17.6 Å². The zero-order chi connectivity index (χ0) is 25.9. The summed E-state index contributed by atoms with van der Waals surface area (Å²) in [5.41, 5.74) is 1.15. The molecule has 11 heteroatoms. The van der Waals surface area contributed by atoms with E-state index in [1.165, 1.54) is 17.0 Å². The topological polar surface area (TPSA) is 118 Å². The Labute approximate surface area is 215 Å². The van der Waals surface area contributed by atoms with Crippen molar-refractivity contribution in [1.29, 1.82) is 0 Å². The van der Waals surface area contributed by atoms with Gasteiger partial charge in [-0.3, -0.25) is 14.5 Å². The lowest BCUT2D eigenvalue weighted by molar-refractivity contribution is -0.117. The highest BCUT2D eigenvalue weighted by Crippen LogP contribution is 2.44. The van der Waals surface area contributed by atoms with Crippen molar-refractivity contribution in [3.05, 3.63) is 87.5 Å². The number of Topliss-reactive ketones (excluding diaryl/α,β-unsaturated/α-hetero) is 1. The van der Waals surface area contributed by atoms with Gasteiger partial charge in [0.1, 0.15) is 11.5 Å². The van der Waals surface area contributed by atoms with E-state index < -0.39 is 33.3 Å². The monoisotopic (exact) mass is 542 g/mol. The third kappa shape index (κ3) is 4.01. The van der Waals surface area contributed by atoms with Gasteiger partial charge in [-0.25, -0.2) is 13.4 Å². The Bertz CT molecular complexity index is 1700. The lowest BCUT2D eigenvalue weighted by Crippen LogP contribution is -2.31. The van der Waals surface area contributed by atoms with Crippen molar-refractivity contribution < 1.29 is 27.5 Å². The molecule has 1 atom stereocenters. The summed E-state index contributed by atoms with van der Waals surface area (Å²) in [5, 5.41) is 11.6. The summed E-state index contributed by atoms with van der Waals surface area (Å²) in [6.45, 7) is 3.34. The van der Waals surface area contributed by atoms with Crippen molar-refractivity contribution in [2.24, 2.45) is 0 Å². The summed E-state index contributed by atoms with van der Waals surface area (Å²) >= 11 is 7.16. The van der Waals surface area contributed by atoms with Crippen LogP contribution in [0, 0.1) is 13.8 Å². The minimum Gasteiger partial charge on any atom is -0.503 e. The third-order valence-corrected chi connectivity index (χ3v) is 8.29. The summed E-state index contributed by atoms with van der Waals surface area (Å²) < 4.78 is 30.1. The van der Waals surface area contributed by atoms with Crippen LogP contribution in [0.1, 0.15) is 33.5 Å². The first-order valence-electron chi connectivity index (χ1n) is 10.7. The molecule has 1 aliphatic heterocycles. The van der Waals surface area contributed by atoms with Gasteiger partial charge in [0.2, 0.25) is 0 Å². The Hall–Kier alpha value is -3.47. The fourth-order valence-corrected chi connectivity index (χ4v) is 6.10. The number of aliphatic hydroxyl groups excluding tert-OH is 1. The fourth-order valence-electron chi connectivity index (χ4n) is 4.22. The summed E-state index contributed by atoms with van der Waals surface area (Å²) in [6, 6.07) is 11.6. The van der Waals surface area contributed by atoms with Gasteiger partial charge in [0.25, 0.3) is 5.91 Å². The molecule has 0 saturated heterocycles. The Kier molecular flexibility index (Phi) is 5.77. The van der Waals surface area contributed by atoms with E-state index in [4.69, 9.17) is 16.0 Å². The van der Waals surface area contributed by atoms with Crippen LogP contribution in [0.4, 0.5) is 5.13 Å². The number of sulfone groups is 1. The molecule has 0 aliphatic carbocycles. The number of halogens is 1. The van der Waals surface area contributed by atoms with Crippen molar-refractivity contribution in [3.8, 4) is 0 Å². The van der Waals surface area contributed by atoms with Gasteiger partial charge in [0, 0.05) is 11.3 Å². The van der Waals surface area contributed by atoms with Crippen molar-refractivity contribution in [2.45, 2.75) is 24.8 Å². The number of ketones is 1. The Balaban J connectivity index is 1.68. The van der Waals surface area contributed by atoms with Gasteiger partial charge in [-0.15, -0.1) is 0 Å². The van der Waals surface area contributed by atoms with Crippen molar-refractivity contribution in [3.63, 3.8) is 0 Å². The van der Waals surface area contributed by atoms with E-state index in [1.807, 2.05) is 0 Å². The summed E-state index contributed by atoms with van der Waals surface area (Å²) in [7, 11) is -3.45. The fraction of sp³-hybridized carbons (Fsp3) is 0.160. The van der Waals surface area contributed by atoms with Crippen LogP contribution < -0.4 is 4.90 Å². The second-order valence-corrected chi connectivity index (χ2v) is 11.9. The van der Waals surface area contributed by atoms with E-state index >= 15 is 0 Å². The molecule has 5 rings (SSSR count). The number of carbonyl (C=O) groups excluding carboxylic acids is 2. The van der Waals surface area contributed by atoms with Gasteiger partial charge in [0.15, 0.2) is 26.5 Å². The smallest absolute Gasteiger partial charge is 0.296 e. The van der Waals surface area contributed by atoms with Crippen LogP contribution >= 0.6 is 22.9 Å². The molecular weight excluding hydrogens is 524 g/mol. The number of aliphatic hydroxyl groups is 1. The van der Waals surface area contributed by atoms with Crippen LogP contribution in [-0.2, 0) is 14.6 Å². The number of aromatic nitrogens is 1. The van der Waals surface area contributed by atoms with Crippen LogP contribution in [0.2, 0.25) is 5.02 Å². The number of carbonyl (C=O) groups is 2. The first-order chi connectivity index (χ1) is 17.0. The number of hydrogen-bond acceptors (Lipinski definition) is 8. The first kappa shape index (κ1) is 24.2. The first-order valence-corrected chi connectivity index (χ1v) is 13.8. The SMILES string of the molecule is Cc1cc(C(=O)C2=C(O)C(=O)N(c3nc4ccc(S(C)(=O)=O)cc4s3)C2c2ccc(Cl)cc2)c(C)o1. The van der Waals surface area contributed by atoms with E-state index in [0.29, 0.717) is 32.3 Å². The molecule has 184 valence electrons. The van der Waals surface area contributed by atoms with Crippen molar-refractivity contribution in [1.82, 2.24) is 4.98 Å². The highest BCUT2D eigenvalue weighted by molar-refractivity contribution is 7.90. The normalized spacial score (nSPS) is 16.4. The van der Waals surface area contributed by atoms with E-state index in [1.54, 1.807) is 50.2 Å². The Morgan fingerprint density at radius 1 is 1.14 bits per heavy atom. The third-order valence-electron chi connectivity index (χ3n) is 5.91. The molecule has 1 amide bonds. The number of thiazole rings is 1. The van der Waals surface area contributed by atoms with Gasteiger partial charge in [-0.05, 0) is 55.8 Å². The quantitative estimate of drug-likeness (QED) is 0.338. The molecule has 3 heterocycles. The highest BCUT2D eigenvalue weighted by atomic mass is 35.5.